The van der Waals surface area contributed by atoms with Crippen LogP contribution in [-0.2, 0) is 12.6 Å². The van der Waals surface area contributed by atoms with Crippen molar-refractivity contribution in [2.24, 2.45) is 0 Å². The molecule has 142 valence electrons. The maximum absolute atomic E-state index is 12.8. The van der Waals surface area contributed by atoms with E-state index in [9.17, 15) is 22.8 Å². The minimum atomic E-state index is -4.54. The van der Waals surface area contributed by atoms with E-state index in [4.69, 9.17) is 0 Å². The van der Waals surface area contributed by atoms with Gasteiger partial charge in [-0.1, -0.05) is 6.07 Å². The predicted octanol–water partition coefficient (Wildman–Crippen LogP) is 2.82. The fraction of sp³-hybridized carbons (Fsp3) is 0.294. The van der Waals surface area contributed by atoms with Gasteiger partial charge < -0.3 is 5.32 Å². The van der Waals surface area contributed by atoms with Gasteiger partial charge in [0.2, 0.25) is 0 Å². The third kappa shape index (κ3) is 3.85. The van der Waals surface area contributed by atoms with Crippen LogP contribution < -0.4 is 10.9 Å². The standard InChI is InChI=1S/C17H15F3N4O2S/c1-3-21-15(26)14-9(2)27-16-23-11(8-13(25)24(14)16)7-10-5-4-6-12(22-10)17(18,19)20/h4-6,8H,3,7H2,1-2H3,(H,21,26). The Hall–Kier alpha value is -2.75. The second-order valence-corrected chi connectivity index (χ2v) is 6.94. The number of aromatic nitrogens is 3. The van der Waals surface area contributed by atoms with Crippen molar-refractivity contribution in [3.63, 3.8) is 0 Å². The van der Waals surface area contributed by atoms with Crippen LogP contribution in [0.15, 0.2) is 29.1 Å². The zero-order valence-electron chi connectivity index (χ0n) is 14.4. The lowest BCUT2D eigenvalue weighted by Gasteiger charge is -2.08. The van der Waals surface area contributed by atoms with Gasteiger partial charge in [0.25, 0.3) is 11.5 Å². The van der Waals surface area contributed by atoms with Crippen LogP contribution in [0.3, 0.4) is 0 Å². The summed E-state index contributed by atoms with van der Waals surface area (Å²) in [5.74, 6) is -0.377. The third-order valence-corrected chi connectivity index (χ3v) is 4.71. The first-order chi connectivity index (χ1) is 12.7. The van der Waals surface area contributed by atoms with Gasteiger partial charge in [0.1, 0.15) is 11.4 Å². The van der Waals surface area contributed by atoms with Gasteiger partial charge in [0, 0.05) is 29.6 Å². The van der Waals surface area contributed by atoms with Crippen LogP contribution in [0, 0.1) is 6.92 Å². The van der Waals surface area contributed by atoms with E-state index in [2.05, 4.69) is 15.3 Å². The van der Waals surface area contributed by atoms with E-state index >= 15 is 0 Å². The molecule has 0 aromatic carbocycles. The van der Waals surface area contributed by atoms with Crippen molar-refractivity contribution in [2.75, 3.05) is 6.54 Å². The Morgan fingerprint density at radius 3 is 2.67 bits per heavy atom. The van der Waals surface area contributed by atoms with Gasteiger partial charge >= 0.3 is 6.18 Å². The van der Waals surface area contributed by atoms with E-state index in [0.717, 1.165) is 6.07 Å². The number of fused-ring (bicyclic) bond motifs is 1. The summed E-state index contributed by atoms with van der Waals surface area (Å²) in [4.78, 5) is 33.6. The first kappa shape index (κ1) is 19.0. The maximum Gasteiger partial charge on any atom is 0.433 e. The molecule has 3 aromatic rings. The minimum absolute atomic E-state index is 0.0247. The number of hydrogen-bond donors (Lipinski definition) is 1. The first-order valence-corrected chi connectivity index (χ1v) is 8.85. The van der Waals surface area contributed by atoms with Crippen molar-refractivity contribution in [1.82, 2.24) is 19.7 Å². The van der Waals surface area contributed by atoms with E-state index in [-0.39, 0.29) is 29.4 Å². The van der Waals surface area contributed by atoms with Gasteiger partial charge in [-0.25, -0.2) is 14.4 Å². The lowest BCUT2D eigenvalue weighted by molar-refractivity contribution is -0.141. The highest BCUT2D eigenvalue weighted by Crippen LogP contribution is 2.27. The topological polar surface area (TPSA) is 76.4 Å². The number of hydrogen-bond acceptors (Lipinski definition) is 5. The fourth-order valence-electron chi connectivity index (χ4n) is 2.64. The highest BCUT2D eigenvalue weighted by atomic mass is 32.1. The Balaban J connectivity index is 2.01. The Morgan fingerprint density at radius 2 is 2.00 bits per heavy atom. The fourth-order valence-corrected chi connectivity index (χ4v) is 3.63. The molecular weight excluding hydrogens is 381 g/mol. The van der Waals surface area contributed by atoms with Gasteiger partial charge in [-0.2, -0.15) is 13.2 Å². The van der Waals surface area contributed by atoms with Gasteiger partial charge in [0.15, 0.2) is 4.96 Å². The number of alkyl halides is 3. The summed E-state index contributed by atoms with van der Waals surface area (Å²) in [6.45, 7) is 3.89. The van der Waals surface area contributed by atoms with Crippen LogP contribution in [-0.4, -0.2) is 26.8 Å². The van der Waals surface area contributed by atoms with Crippen LogP contribution >= 0.6 is 11.3 Å². The number of rotatable bonds is 4. The molecule has 3 heterocycles. The number of thiazole rings is 1. The van der Waals surface area contributed by atoms with Crippen LogP contribution in [0.5, 0.6) is 0 Å². The van der Waals surface area contributed by atoms with Gasteiger partial charge in [-0.15, -0.1) is 11.3 Å². The number of aryl methyl sites for hydroxylation is 1. The predicted molar refractivity (Wildman–Crippen MR) is 94.1 cm³/mol. The molecule has 0 fully saturated rings. The summed E-state index contributed by atoms with van der Waals surface area (Å²) < 4.78 is 39.6. The van der Waals surface area contributed by atoms with E-state index in [1.165, 1.54) is 33.9 Å². The Morgan fingerprint density at radius 1 is 1.26 bits per heavy atom. The normalized spacial score (nSPS) is 11.7. The van der Waals surface area contributed by atoms with Crippen LogP contribution in [0.25, 0.3) is 4.96 Å². The number of carbonyl (C=O) groups is 1. The number of nitrogens with zero attached hydrogens (tertiary/aromatic N) is 3. The highest BCUT2D eigenvalue weighted by molar-refractivity contribution is 7.17. The monoisotopic (exact) mass is 396 g/mol. The van der Waals surface area contributed by atoms with Crippen molar-refractivity contribution >= 4 is 22.2 Å². The number of pyridine rings is 1. The van der Waals surface area contributed by atoms with Crippen molar-refractivity contribution in [3.05, 3.63) is 62.3 Å². The zero-order valence-corrected chi connectivity index (χ0v) is 15.2. The molecule has 0 aliphatic heterocycles. The van der Waals surface area contributed by atoms with E-state index in [1.54, 1.807) is 13.8 Å². The number of halogens is 3. The molecule has 1 N–H and O–H groups in total. The van der Waals surface area contributed by atoms with Gasteiger partial charge in [0.05, 0.1) is 5.69 Å². The number of nitrogens with one attached hydrogen (secondary N) is 1. The Bertz CT molecular complexity index is 1070. The second-order valence-electron chi connectivity index (χ2n) is 5.76. The quantitative estimate of drug-likeness (QED) is 0.736. The molecule has 6 nitrogen and oxygen atoms in total. The molecule has 0 bridgehead atoms. The molecule has 3 aromatic heterocycles. The van der Waals surface area contributed by atoms with Crippen molar-refractivity contribution in [1.29, 1.82) is 0 Å². The number of carbonyl (C=O) groups excluding carboxylic acids is 1. The molecule has 0 radical (unpaired) electrons. The molecule has 10 heteroatoms. The minimum Gasteiger partial charge on any atom is -0.351 e. The maximum atomic E-state index is 12.8. The van der Waals surface area contributed by atoms with Crippen LogP contribution in [0.4, 0.5) is 13.2 Å². The highest BCUT2D eigenvalue weighted by Gasteiger charge is 2.32. The average Bonchev–Trinajstić information content (AvgIpc) is 2.91. The third-order valence-electron chi connectivity index (χ3n) is 3.75. The SMILES string of the molecule is CCNC(=O)c1c(C)sc2nc(Cc3cccc(C(F)(F)F)n3)cc(=O)n12. The summed E-state index contributed by atoms with van der Waals surface area (Å²) in [5, 5.41) is 2.65. The first-order valence-electron chi connectivity index (χ1n) is 8.04. The molecule has 0 unspecified atom stereocenters. The van der Waals surface area contributed by atoms with Crippen molar-refractivity contribution in [3.8, 4) is 0 Å². The Labute approximate surface area is 155 Å². The van der Waals surface area contributed by atoms with Crippen LogP contribution in [0.2, 0.25) is 0 Å². The summed E-state index contributed by atoms with van der Waals surface area (Å²) in [5.41, 5.74) is -0.803. The lowest BCUT2D eigenvalue weighted by atomic mass is 10.2. The summed E-state index contributed by atoms with van der Waals surface area (Å²) in [6, 6.07) is 4.80. The summed E-state index contributed by atoms with van der Waals surface area (Å²) in [6.07, 6.45) is -4.57. The van der Waals surface area contributed by atoms with Crippen molar-refractivity contribution in [2.45, 2.75) is 26.4 Å². The molecule has 3 rings (SSSR count). The van der Waals surface area contributed by atoms with E-state index in [0.29, 0.717) is 16.4 Å². The Kier molecular flexibility index (Phi) is 5.01. The molecular formula is C17H15F3N4O2S. The van der Waals surface area contributed by atoms with Gasteiger partial charge in [-0.3, -0.25) is 9.59 Å². The second kappa shape index (κ2) is 7.10. The zero-order chi connectivity index (χ0) is 19.8. The largest absolute Gasteiger partial charge is 0.433 e. The molecule has 1 amide bonds. The lowest BCUT2D eigenvalue weighted by Crippen LogP contribution is -2.28. The van der Waals surface area contributed by atoms with Crippen LogP contribution in [0.1, 0.15) is 39.4 Å². The van der Waals surface area contributed by atoms with E-state index < -0.39 is 17.4 Å². The molecule has 0 atom stereocenters. The number of amides is 1. The van der Waals surface area contributed by atoms with E-state index in [1.807, 2.05) is 0 Å². The van der Waals surface area contributed by atoms with Crippen molar-refractivity contribution < 1.29 is 18.0 Å². The molecule has 0 spiro atoms. The summed E-state index contributed by atoms with van der Waals surface area (Å²) >= 11 is 1.17. The molecule has 0 aliphatic rings. The molecule has 0 saturated heterocycles. The average molecular weight is 396 g/mol. The smallest absolute Gasteiger partial charge is 0.351 e. The van der Waals surface area contributed by atoms with Gasteiger partial charge in [-0.05, 0) is 26.0 Å². The molecule has 0 aliphatic carbocycles. The summed E-state index contributed by atoms with van der Waals surface area (Å²) in [7, 11) is 0. The molecule has 27 heavy (non-hydrogen) atoms. The molecule has 0 saturated carbocycles.